The minimum absolute atomic E-state index is 0.594. The fraction of sp³-hybridized carbons (Fsp3) is 0.118. The zero-order valence-electron chi connectivity index (χ0n) is 12.2. The molecule has 0 bridgehead atoms. The van der Waals surface area contributed by atoms with E-state index in [2.05, 4.69) is 4.98 Å². The first-order valence-electron chi connectivity index (χ1n) is 6.66. The number of hydrogen-bond donors (Lipinski definition) is 0. The largest absolute Gasteiger partial charge is 0.497 e. The van der Waals surface area contributed by atoms with Crippen molar-refractivity contribution < 1.29 is 9.47 Å². The lowest BCUT2D eigenvalue weighted by Gasteiger charge is -2.06. The molecule has 0 spiro atoms. The SMILES string of the molecule is COc1cc(/C=C(\Cl)c2nc3ccccc3s2)cc(OC)c1. The van der Waals surface area contributed by atoms with Crippen LogP contribution in [0.4, 0.5) is 0 Å². The Morgan fingerprint density at radius 1 is 1.09 bits per heavy atom. The van der Waals surface area contributed by atoms with Gasteiger partial charge in [0.15, 0.2) is 0 Å². The molecule has 0 amide bonds. The van der Waals surface area contributed by atoms with Crippen molar-refractivity contribution in [1.82, 2.24) is 4.98 Å². The van der Waals surface area contributed by atoms with Gasteiger partial charge in [0.2, 0.25) is 0 Å². The minimum atomic E-state index is 0.594. The third-order valence-corrected chi connectivity index (χ3v) is 4.64. The van der Waals surface area contributed by atoms with Gasteiger partial charge < -0.3 is 9.47 Å². The van der Waals surface area contributed by atoms with E-state index in [4.69, 9.17) is 21.1 Å². The normalized spacial score (nSPS) is 11.7. The summed E-state index contributed by atoms with van der Waals surface area (Å²) in [5, 5.41) is 1.39. The van der Waals surface area contributed by atoms with Gasteiger partial charge in [0, 0.05) is 6.07 Å². The second-order valence-corrected chi connectivity index (χ2v) is 6.06. The number of thiazole rings is 1. The van der Waals surface area contributed by atoms with Crippen molar-refractivity contribution in [2.45, 2.75) is 0 Å². The Hall–Kier alpha value is -2.04. The topological polar surface area (TPSA) is 31.4 Å². The lowest BCUT2D eigenvalue weighted by molar-refractivity contribution is 0.394. The molecule has 0 aliphatic heterocycles. The number of hydrogen-bond acceptors (Lipinski definition) is 4. The fourth-order valence-corrected chi connectivity index (χ4v) is 3.25. The van der Waals surface area contributed by atoms with Gasteiger partial charge in [-0.25, -0.2) is 4.98 Å². The van der Waals surface area contributed by atoms with Gasteiger partial charge in [-0.15, -0.1) is 11.3 Å². The van der Waals surface area contributed by atoms with Crippen LogP contribution >= 0.6 is 22.9 Å². The van der Waals surface area contributed by atoms with Gasteiger partial charge in [0.25, 0.3) is 0 Å². The number of fused-ring (bicyclic) bond motifs is 1. The Morgan fingerprint density at radius 3 is 2.41 bits per heavy atom. The van der Waals surface area contributed by atoms with Crippen molar-refractivity contribution in [2.24, 2.45) is 0 Å². The molecule has 0 aliphatic carbocycles. The van der Waals surface area contributed by atoms with Crippen LogP contribution in [-0.4, -0.2) is 19.2 Å². The van der Waals surface area contributed by atoms with Crippen LogP contribution in [0, 0.1) is 0 Å². The molecule has 3 nitrogen and oxygen atoms in total. The van der Waals surface area contributed by atoms with E-state index in [1.165, 1.54) is 0 Å². The van der Waals surface area contributed by atoms with Crippen molar-refractivity contribution in [2.75, 3.05) is 14.2 Å². The molecule has 0 aliphatic rings. The highest BCUT2D eigenvalue weighted by molar-refractivity contribution is 7.20. The Kier molecular flexibility index (Phi) is 4.32. The highest BCUT2D eigenvalue weighted by Crippen LogP contribution is 2.32. The highest BCUT2D eigenvalue weighted by Gasteiger charge is 2.08. The van der Waals surface area contributed by atoms with Crippen LogP contribution in [0.1, 0.15) is 10.6 Å². The van der Waals surface area contributed by atoms with Crippen LogP contribution < -0.4 is 9.47 Å². The van der Waals surface area contributed by atoms with Crippen molar-refractivity contribution >= 4 is 44.3 Å². The standard InChI is InChI=1S/C17H14ClNO2S/c1-20-12-7-11(8-13(10-12)21-2)9-14(18)17-19-15-5-3-4-6-16(15)22-17/h3-10H,1-2H3/b14-9-. The lowest BCUT2D eigenvalue weighted by atomic mass is 10.2. The molecule has 5 heteroatoms. The van der Waals surface area contributed by atoms with Crippen LogP contribution in [0.15, 0.2) is 42.5 Å². The Morgan fingerprint density at radius 2 is 1.77 bits per heavy atom. The van der Waals surface area contributed by atoms with E-state index in [-0.39, 0.29) is 0 Å². The number of aromatic nitrogens is 1. The predicted molar refractivity (Wildman–Crippen MR) is 92.9 cm³/mol. The summed E-state index contributed by atoms with van der Waals surface area (Å²) in [6.07, 6.45) is 1.87. The summed E-state index contributed by atoms with van der Waals surface area (Å²) in [6, 6.07) is 13.6. The zero-order chi connectivity index (χ0) is 15.5. The lowest BCUT2D eigenvalue weighted by Crippen LogP contribution is -1.88. The minimum Gasteiger partial charge on any atom is -0.497 e. The van der Waals surface area contributed by atoms with Crippen molar-refractivity contribution in [3.63, 3.8) is 0 Å². The summed E-state index contributed by atoms with van der Waals surface area (Å²) in [4.78, 5) is 4.55. The molecule has 112 valence electrons. The summed E-state index contributed by atoms with van der Waals surface area (Å²) in [5.74, 6) is 1.44. The molecule has 0 unspecified atom stereocenters. The number of rotatable bonds is 4. The maximum Gasteiger partial charge on any atom is 0.136 e. The monoisotopic (exact) mass is 331 g/mol. The number of nitrogens with zero attached hydrogens (tertiary/aromatic N) is 1. The first-order chi connectivity index (χ1) is 10.7. The summed E-state index contributed by atoms with van der Waals surface area (Å²) in [6.45, 7) is 0. The average molecular weight is 332 g/mol. The van der Waals surface area contributed by atoms with E-state index >= 15 is 0 Å². The van der Waals surface area contributed by atoms with Gasteiger partial charge in [0.1, 0.15) is 16.5 Å². The van der Waals surface area contributed by atoms with Crippen molar-refractivity contribution in [1.29, 1.82) is 0 Å². The predicted octanol–water partition coefficient (Wildman–Crippen LogP) is 5.05. The second-order valence-electron chi connectivity index (χ2n) is 4.63. The van der Waals surface area contributed by atoms with Crippen LogP contribution in [-0.2, 0) is 0 Å². The number of methoxy groups -OCH3 is 2. The van der Waals surface area contributed by atoms with E-state index in [0.29, 0.717) is 5.03 Å². The summed E-state index contributed by atoms with van der Waals surface area (Å²) < 4.78 is 11.7. The van der Waals surface area contributed by atoms with Gasteiger partial charge in [-0.1, -0.05) is 23.7 Å². The van der Waals surface area contributed by atoms with E-state index < -0.39 is 0 Å². The quantitative estimate of drug-likeness (QED) is 0.670. The Bertz CT molecular complexity index is 786. The van der Waals surface area contributed by atoms with Gasteiger partial charge in [0.05, 0.1) is 29.5 Å². The van der Waals surface area contributed by atoms with Crippen LogP contribution in [0.3, 0.4) is 0 Å². The van der Waals surface area contributed by atoms with E-state index in [1.54, 1.807) is 25.6 Å². The van der Waals surface area contributed by atoms with Crippen LogP contribution in [0.2, 0.25) is 0 Å². The third kappa shape index (κ3) is 3.08. The number of halogens is 1. The number of benzene rings is 2. The highest BCUT2D eigenvalue weighted by atomic mass is 35.5. The molecule has 2 aromatic carbocycles. The molecule has 0 atom stereocenters. The van der Waals surface area contributed by atoms with Gasteiger partial charge in [-0.3, -0.25) is 0 Å². The van der Waals surface area contributed by atoms with E-state index in [0.717, 1.165) is 32.3 Å². The molecule has 22 heavy (non-hydrogen) atoms. The molecule has 0 radical (unpaired) electrons. The first kappa shape index (κ1) is 14.9. The van der Waals surface area contributed by atoms with Crippen LogP contribution in [0.5, 0.6) is 11.5 Å². The fourth-order valence-electron chi connectivity index (χ4n) is 2.10. The van der Waals surface area contributed by atoms with Gasteiger partial charge >= 0.3 is 0 Å². The summed E-state index contributed by atoms with van der Waals surface area (Å²) in [5.41, 5.74) is 1.86. The Labute approximate surface area is 137 Å². The maximum atomic E-state index is 6.43. The third-order valence-electron chi connectivity index (χ3n) is 3.17. The molecule has 3 rings (SSSR count). The first-order valence-corrected chi connectivity index (χ1v) is 7.85. The van der Waals surface area contributed by atoms with E-state index in [9.17, 15) is 0 Å². The van der Waals surface area contributed by atoms with Crippen LogP contribution in [0.25, 0.3) is 21.3 Å². The Balaban J connectivity index is 2.00. The maximum absolute atomic E-state index is 6.43. The molecule has 0 N–H and O–H groups in total. The molecule has 0 fully saturated rings. The molecule has 1 aromatic heterocycles. The zero-order valence-corrected chi connectivity index (χ0v) is 13.7. The molecular weight excluding hydrogens is 318 g/mol. The molecule has 0 saturated heterocycles. The number of para-hydroxylation sites is 1. The summed E-state index contributed by atoms with van der Waals surface area (Å²) >= 11 is 8.00. The molecule has 0 saturated carbocycles. The molecule has 1 heterocycles. The van der Waals surface area contributed by atoms with E-state index in [1.807, 2.05) is 48.5 Å². The van der Waals surface area contributed by atoms with Gasteiger partial charge in [-0.05, 0) is 35.9 Å². The van der Waals surface area contributed by atoms with Crippen molar-refractivity contribution in [3.8, 4) is 11.5 Å². The molecular formula is C17H14ClNO2S. The summed E-state index contributed by atoms with van der Waals surface area (Å²) in [7, 11) is 3.24. The van der Waals surface area contributed by atoms with Gasteiger partial charge in [-0.2, -0.15) is 0 Å². The molecule has 3 aromatic rings. The smallest absolute Gasteiger partial charge is 0.136 e. The van der Waals surface area contributed by atoms with Crippen molar-refractivity contribution in [3.05, 3.63) is 53.0 Å². The average Bonchev–Trinajstić information content (AvgIpc) is 2.98. The number of ether oxygens (including phenoxy) is 2. The second kappa shape index (κ2) is 6.38.